The number of aliphatic hydroxyl groups excluding tert-OH is 3. The average molecular weight is 533 g/mol. The molecule has 1 heterocycles. The fourth-order valence-corrected chi connectivity index (χ4v) is 4.66. The molecule has 37 heavy (non-hydrogen) atoms. The van der Waals surface area contributed by atoms with E-state index in [4.69, 9.17) is 14.2 Å². The first-order valence-corrected chi connectivity index (χ1v) is 14.5. The van der Waals surface area contributed by atoms with Crippen LogP contribution in [-0.2, 0) is 23.8 Å². The van der Waals surface area contributed by atoms with Gasteiger partial charge in [-0.25, -0.2) is 0 Å². The molecule has 0 aromatic heterocycles. The van der Waals surface area contributed by atoms with Crippen LogP contribution >= 0.6 is 0 Å². The summed E-state index contributed by atoms with van der Waals surface area (Å²) in [7, 11) is 0. The summed E-state index contributed by atoms with van der Waals surface area (Å²) >= 11 is 0. The van der Waals surface area contributed by atoms with E-state index in [0.717, 1.165) is 44.9 Å². The van der Waals surface area contributed by atoms with Crippen LogP contribution in [0.4, 0.5) is 0 Å². The third kappa shape index (κ3) is 14.5. The van der Waals surface area contributed by atoms with E-state index < -0.39 is 54.9 Å². The number of carbonyl (C=O) groups is 2. The predicted molar refractivity (Wildman–Crippen MR) is 140 cm³/mol. The van der Waals surface area contributed by atoms with E-state index >= 15 is 0 Å². The number of carbonyl (C=O) groups excluding carboxylic acids is 1. The fraction of sp³-hybridized carbons (Fsp3) is 0.929. The number of aliphatic hydroxyl groups is 3. The van der Waals surface area contributed by atoms with Gasteiger partial charge in [0.1, 0.15) is 24.4 Å². The van der Waals surface area contributed by atoms with Gasteiger partial charge < -0.3 is 34.6 Å². The number of rotatable bonds is 21. The SMILES string of the molecule is CCCCCCCCCCCC(CC(=O)OC(CCCCC)CC(=O)O)O[C@@H]1OC(C)[C@H](O)[C@H](O)C1O. The number of aliphatic carboxylic acids is 1. The lowest BCUT2D eigenvalue weighted by Gasteiger charge is -2.40. The van der Waals surface area contributed by atoms with Crippen LogP contribution in [0.5, 0.6) is 0 Å². The van der Waals surface area contributed by atoms with Crippen molar-refractivity contribution in [1.82, 2.24) is 0 Å². The van der Waals surface area contributed by atoms with E-state index in [1.807, 2.05) is 6.92 Å². The second-order valence-corrected chi connectivity index (χ2v) is 10.5. The Balaban J connectivity index is 2.67. The molecule has 1 saturated heterocycles. The number of ether oxygens (including phenoxy) is 3. The van der Waals surface area contributed by atoms with Crippen molar-refractivity contribution in [2.45, 2.75) is 166 Å². The van der Waals surface area contributed by atoms with Crippen LogP contribution in [0.1, 0.15) is 124 Å². The summed E-state index contributed by atoms with van der Waals surface area (Å²) in [6.45, 7) is 5.83. The summed E-state index contributed by atoms with van der Waals surface area (Å²) in [6, 6.07) is 0. The molecule has 1 aliphatic rings. The Hall–Kier alpha value is -1.26. The van der Waals surface area contributed by atoms with Gasteiger partial charge in [0, 0.05) is 0 Å². The summed E-state index contributed by atoms with van der Waals surface area (Å²) in [6.07, 6.45) is 6.27. The smallest absolute Gasteiger partial charge is 0.308 e. The van der Waals surface area contributed by atoms with Gasteiger partial charge in [-0.2, -0.15) is 0 Å². The van der Waals surface area contributed by atoms with E-state index in [1.54, 1.807) is 6.92 Å². The Labute approximate surface area is 222 Å². The molecule has 0 aromatic rings. The minimum atomic E-state index is -1.46. The summed E-state index contributed by atoms with van der Waals surface area (Å²) in [5.74, 6) is -1.57. The van der Waals surface area contributed by atoms with Gasteiger partial charge in [-0.1, -0.05) is 84.5 Å². The van der Waals surface area contributed by atoms with Gasteiger partial charge in [0.15, 0.2) is 6.29 Å². The molecule has 0 amide bonds. The third-order valence-electron chi connectivity index (χ3n) is 6.99. The Morgan fingerprint density at radius 2 is 1.24 bits per heavy atom. The topological polar surface area (TPSA) is 143 Å². The lowest BCUT2D eigenvalue weighted by Crippen LogP contribution is -2.58. The quantitative estimate of drug-likeness (QED) is 0.124. The fourth-order valence-electron chi connectivity index (χ4n) is 4.66. The maximum absolute atomic E-state index is 12.8. The second kappa shape index (κ2) is 19.8. The van der Waals surface area contributed by atoms with Crippen molar-refractivity contribution >= 4 is 11.9 Å². The minimum Gasteiger partial charge on any atom is -0.481 e. The maximum Gasteiger partial charge on any atom is 0.308 e. The normalized spacial score (nSPS) is 25.5. The first-order valence-electron chi connectivity index (χ1n) is 14.5. The molecule has 0 spiro atoms. The molecule has 0 aliphatic carbocycles. The van der Waals surface area contributed by atoms with E-state index in [2.05, 4.69) is 6.92 Å². The van der Waals surface area contributed by atoms with Gasteiger partial charge in [-0.05, 0) is 26.2 Å². The molecule has 9 nitrogen and oxygen atoms in total. The van der Waals surface area contributed by atoms with E-state index in [-0.39, 0.29) is 12.8 Å². The van der Waals surface area contributed by atoms with Crippen molar-refractivity contribution in [3.8, 4) is 0 Å². The van der Waals surface area contributed by atoms with Crippen molar-refractivity contribution in [2.24, 2.45) is 0 Å². The largest absolute Gasteiger partial charge is 0.481 e. The van der Waals surface area contributed by atoms with Crippen LogP contribution in [0, 0.1) is 0 Å². The molecule has 0 saturated carbocycles. The monoisotopic (exact) mass is 532 g/mol. The number of hydrogen-bond donors (Lipinski definition) is 4. The molecule has 1 rings (SSSR count). The highest BCUT2D eigenvalue weighted by Crippen LogP contribution is 2.25. The lowest BCUT2D eigenvalue weighted by atomic mass is 9.99. The van der Waals surface area contributed by atoms with Crippen LogP contribution in [0.3, 0.4) is 0 Å². The van der Waals surface area contributed by atoms with Crippen LogP contribution in [0.25, 0.3) is 0 Å². The molecule has 1 fully saturated rings. The molecule has 0 radical (unpaired) electrons. The number of carboxylic acid groups (broad SMARTS) is 1. The van der Waals surface area contributed by atoms with Crippen LogP contribution in [-0.4, -0.2) is 75.3 Å². The molecular formula is C28H52O9. The van der Waals surface area contributed by atoms with Gasteiger partial charge in [-0.15, -0.1) is 0 Å². The third-order valence-corrected chi connectivity index (χ3v) is 6.99. The number of carboxylic acids is 1. The molecule has 218 valence electrons. The van der Waals surface area contributed by atoms with Crippen molar-refractivity contribution in [3.63, 3.8) is 0 Å². The first-order chi connectivity index (χ1) is 17.7. The lowest BCUT2D eigenvalue weighted by molar-refractivity contribution is -0.304. The number of esters is 1. The summed E-state index contributed by atoms with van der Waals surface area (Å²) in [4.78, 5) is 24.0. The number of unbranched alkanes of at least 4 members (excludes halogenated alkanes) is 10. The molecule has 4 unspecified atom stereocenters. The Morgan fingerprint density at radius 3 is 1.84 bits per heavy atom. The summed E-state index contributed by atoms with van der Waals surface area (Å²) < 4.78 is 17.0. The molecule has 4 N–H and O–H groups in total. The van der Waals surface area contributed by atoms with Gasteiger partial charge in [0.05, 0.1) is 25.0 Å². The van der Waals surface area contributed by atoms with Crippen molar-refractivity contribution in [2.75, 3.05) is 0 Å². The number of hydrogen-bond acceptors (Lipinski definition) is 8. The zero-order valence-electron chi connectivity index (χ0n) is 23.2. The molecule has 7 atom stereocenters. The van der Waals surface area contributed by atoms with Gasteiger partial charge >= 0.3 is 11.9 Å². The Kier molecular flexibility index (Phi) is 18.0. The van der Waals surface area contributed by atoms with Crippen LogP contribution in [0.2, 0.25) is 0 Å². The van der Waals surface area contributed by atoms with Crippen LogP contribution < -0.4 is 0 Å². The van der Waals surface area contributed by atoms with Gasteiger partial charge in [-0.3, -0.25) is 9.59 Å². The molecule has 9 heteroatoms. The zero-order valence-corrected chi connectivity index (χ0v) is 23.2. The van der Waals surface area contributed by atoms with Crippen molar-refractivity contribution in [1.29, 1.82) is 0 Å². The molecule has 1 aliphatic heterocycles. The minimum absolute atomic E-state index is 0.111. The van der Waals surface area contributed by atoms with E-state index in [9.17, 15) is 30.0 Å². The summed E-state index contributed by atoms with van der Waals surface area (Å²) in [5, 5.41) is 39.6. The van der Waals surface area contributed by atoms with Gasteiger partial charge in [0.25, 0.3) is 0 Å². The molecule has 0 bridgehead atoms. The Bertz CT molecular complexity index is 614. The summed E-state index contributed by atoms with van der Waals surface area (Å²) in [5.41, 5.74) is 0. The van der Waals surface area contributed by atoms with Crippen molar-refractivity contribution < 1.29 is 44.2 Å². The highest BCUT2D eigenvalue weighted by molar-refractivity contribution is 5.72. The zero-order chi connectivity index (χ0) is 27.6. The standard InChI is InChI=1S/C28H52O9/c1-4-6-8-9-10-11-12-13-15-17-22(37-28-27(34)26(33)25(32)20(3)35-28)19-24(31)36-21(18-23(29)30)16-14-7-5-2/h20-22,25-28,32-34H,4-19H2,1-3H3,(H,29,30)/t20?,21?,22?,25-,26-,27?,28-/m0/s1. The van der Waals surface area contributed by atoms with Crippen LogP contribution in [0.15, 0.2) is 0 Å². The van der Waals surface area contributed by atoms with Gasteiger partial charge in [0.2, 0.25) is 0 Å². The average Bonchev–Trinajstić information content (AvgIpc) is 2.84. The van der Waals surface area contributed by atoms with Crippen molar-refractivity contribution in [3.05, 3.63) is 0 Å². The molecular weight excluding hydrogens is 480 g/mol. The first kappa shape index (κ1) is 33.8. The second-order valence-electron chi connectivity index (χ2n) is 10.5. The predicted octanol–water partition coefficient (Wildman–Crippen LogP) is 4.48. The Morgan fingerprint density at radius 1 is 0.730 bits per heavy atom. The maximum atomic E-state index is 12.8. The van der Waals surface area contributed by atoms with E-state index in [0.29, 0.717) is 12.8 Å². The highest BCUT2D eigenvalue weighted by atomic mass is 16.7. The highest BCUT2D eigenvalue weighted by Gasteiger charge is 2.43. The van der Waals surface area contributed by atoms with E-state index in [1.165, 1.54) is 32.1 Å². The molecule has 0 aromatic carbocycles.